The molecule has 0 N–H and O–H groups in total. The molecule has 0 saturated heterocycles. The molecule has 0 saturated carbocycles. The number of rotatable bonds is 2. The Morgan fingerprint density at radius 2 is 2.12 bits per heavy atom. The van der Waals surface area contributed by atoms with Gasteiger partial charge in [0.2, 0.25) is 0 Å². The van der Waals surface area contributed by atoms with Crippen molar-refractivity contribution < 1.29 is 9.21 Å². The molecule has 2 aromatic rings. The van der Waals surface area contributed by atoms with Gasteiger partial charge < -0.3 is 4.42 Å². The molecule has 0 aliphatic heterocycles. The Morgan fingerprint density at radius 1 is 1.44 bits per heavy atom. The summed E-state index contributed by atoms with van der Waals surface area (Å²) in [6, 6.07) is 0. The Hall–Kier alpha value is -1.71. The van der Waals surface area contributed by atoms with E-state index in [-0.39, 0.29) is 11.7 Å². The van der Waals surface area contributed by atoms with Crippen molar-refractivity contribution in [3.8, 4) is 0 Å². The van der Waals surface area contributed by atoms with Crippen LogP contribution in [0.1, 0.15) is 48.8 Å². The fourth-order valence-electron chi connectivity index (χ4n) is 1.70. The van der Waals surface area contributed by atoms with E-state index in [9.17, 15) is 4.79 Å². The second-order valence-corrected chi connectivity index (χ2v) is 4.19. The molecule has 2 aromatic heterocycles. The fourth-order valence-corrected chi connectivity index (χ4v) is 1.70. The number of fused-ring (bicyclic) bond motifs is 1. The van der Waals surface area contributed by atoms with Crippen LogP contribution in [0.2, 0.25) is 0 Å². The monoisotopic (exact) mass is 218 g/mol. The van der Waals surface area contributed by atoms with Crippen LogP contribution >= 0.6 is 0 Å². The lowest BCUT2D eigenvalue weighted by Gasteiger charge is -1.99. The highest BCUT2D eigenvalue weighted by atomic mass is 16.3. The van der Waals surface area contributed by atoms with Crippen molar-refractivity contribution in [3.05, 3.63) is 23.5 Å². The molecular weight excluding hydrogens is 204 g/mol. The predicted octanol–water partition coefficient (Wildman–Crippen LogP) is 2.86. The molecule has 0 spiro atoms. The third kappa shape index (κ3) is 1.60. The molecule has 0 radical (unpaired) electrons. The number of aromatic nitrogens is 2. The highest BCUT2D eigenvalue weighted by Gasteiger charge is 2.19. The van der Waals surface area contributed by atoms with Gasteiger partial charge in [0, 0.05) is 19.0 Å². The molecule has 2 rings (SSSR count). The summed E-state index contributed by atoms with van der Waals surface area (Å²) in [6.07, 6.45) is 1.73. The number of aryl methyl sites for hydroxylation is 1. The number of carbonyl (C=O) groups excluding carboxylic acids is 1. The predicted molar refractivity (Wildman–Crippen MR) is 60.6 cm³/mol. The van der Waals surface area contributed by atoms with Crippen molar-refractivity contribution in [3.63, 3.8) is 0 Å². The van der Waals surface area contributed by atoms with Gasteiger partial charge in [-0.1, -0.05) is 13.8 Å². The molecule has 4 nitrogen and oxygen atoms in total. The molecule has 0 aromatic carbocycles. The lowest BCUT2D eigenvalue weighted by molar-refractivity contribution is 0.0987. The van der Waals surface area contributed by atoms with E-state index >= 15 is 0 Å². The second-order valence-electron chi connectivity index (χ2n) is 4.19. The SMILES string of the molecule is CC(=O)c1oc(C(C)C)c2cnc(C)nc12. The molecule has 0 bridgehead atoms. The molecule has 0 unspecified atom stereocenters. The van der Waals surface area contributed by atoms with Gasteiger partial charge in [-0.15, -0.1) is 0 Å². The molecule has 4 heteroatoms. The molecule has 0 amide bonds. The molecule has 0 fully saturated rings. The van der Waals surface area contributed by atoms with Crippen LogP contribution in [0.5, 0.6) is 0 Å². The van der Waals surface area contributed by atoms with E-state index in [1.807, 2.05) is 13.8 Å². The van der Waals surface area contributed by atoms with Gasteiger partial charge in [0.25, 0.3) is 0 Å². The smallest absolute Gasteiger partial charge is 0.197 e. The Morgan fingerprint density at radius 3 is 2.69 bits per heavy atom. The van der Waals surface area contributed by atoms with Crippen LogP contribution in [-0.4, -0.2) is 15.8 Å². The Labute approximate surface area is 93.7 Å². The van der Waals surface area contributed by atoms with Crippen LogP contribution in [-0.2, 0) is 0 Å². The van der Waals surface area contributed by atoms with E-state index in [4.69, 9.17) is 4.42 Å². The van der Waals surface area contributed by atoms with Crippen LogP contribution in [0.4, 0.5) is 0 Å². The first kappa shape index (κ1) is 10.8. The summed E-state index contributed by atoms with van der Waals surface area (Å²) in [5, 5.41) is 0.839. The number of carbonyl (C=O) groups is 1. The lowest BCUT2D eigenvalue weighted by atomic mass is 10.1. The second kappa shape index (κ2) is 3.70. The van der Waals surface area contributed by atoms with Crippen LogP contribution in [0.3, 0.4) is 0 Å². The Kier molecular flexibility index (Phi) is 2.50. The van der Waals surface area contributed by atoms with E-state index in [0.717, 1.165) is 11.1 Å². The van der Waals surface area contributed by atoms with Crippen molar-refractivity contribution in [2.24, 2.45) is 0 Å². The van der Waals surface area contributed by atoms with Crippen molar-refractivity contribution in [1.29, 1.82) is 0 Å². The molecule has 0 aliphatic carbocycles. The van der Waals surface area contributed by atoms with E-state index in [2.05, 4.69) is 9.97 Å². The normalized spacial score (nSPS) is 11.3. The average Bonchev–Trinajstić information content (AvgIpc) is 2.56. The van der Waals surface area contributed by atoms with E-state index < -0.39 is 0 Å². The number of Topliss-reactive ketones (excluding diaryl/α,β-unsaturated/α-hetero) is 1. The van der Waals surface area contributed by atoms with Crippen molar-refractivity contribution in [2.45, 2.75) is 33.6 Å². The molecule has 0 atom stereocenters. The van der Waals surface area contributed by atoms with Gasteiger partial charge >= 0.3 is 0 Å². The molecule has 16 heavy (non-hydrogen) atoms. The average molecular weight is 218 g/mol. The van der Waals surface area contributed by atoms with Gasteiger partial charge in [-0.25, -0.2) is 9.97 Å². The number of hydrogen-bond donors (Lipinski definition) is 0. The third-order valence-electron chi connectivity index (χ3n) is 2.45. The van der Waals surface area contributed by atoms with Gasteiger partial charge in [0.1, 0.15) is 17.1 Å². The summed E-state index contributed by atoms with van der Waals surface area (Å²) >= 11 is 0. The summed E-state index contributed by atoms with van der Waals surface area (Å²) < 4.78 is 5.59. The van der Waals surface area contributed by atoms with Gasteiger partial charge in [-0.05, 0) is 6.92 Å². The maximum Gasteiger partial charge on any atom is 0.197 e. The highest BCUT2D eigenvalue weighted by Crippen LogP contribution is 2.29. The van der Waals surface area contributed by atoms with E-state index in [1.54, 1.807) is 13.1 Å². The summed E-state index contributed by atoms with van der Waals surface area (Å²) in [4.78, 5) is 19.9. The Bertz CT molecular complexity index is 555. The summed E-state index contributed by atoms with van der Waals surface area (Å²) in [6.45, 7) is 7.31. The van der Waals surface area contributed by atoms with Gasteiger partial charge in [0.05, 0.1) is 5.39 Å². The quantitative estimate of drug-likeness (QED) is 0.727. The number of nitrogens with zero attached hydrogens (tertiary/aromatic N) is 2. The van der Waals surface area contributed by atoms with Crippen LogP contribution in [0.25, 0.3) is 10.9 Å². The molecular formula is C12H14N2O2. The van der Waals surface area contributed by atoms with Crippen LogP contribution in [0.15, 0.2) is 10.6 Å². The summed E-state index contributed by atoms with van der Waals surface area (Å²) in [5.74, 6) is 1.87. The zero-order chi connectivity index (χ0) is 11.9. The number of hydrogen-bond acceptors (Lipinski definition) is 4. The first-order chi connectivity index (χ1) is 7.50. The maximum atomic E-state index is 11.5. The fraction of sp³-hybridized carbons (Fsp3) is 0.417. The zero-order valence-corrected chi connectivity index (χ0v) is 9.87. The van der Waals surface area contributed by atoms with Crippen molar-refractivity contribution >= 4 is 16.7 Å². The van der Waals surface area contributed by atoms with Crippen molar-refractivity contribution in [2.75, 3.05) is 0 Å². The van der Waals surface area contributed by atoms with Gasteiger partial charge in [-0.3, -0.25) is 4.79 Å². The minimum absolute atomic E-state index is 0.102. The number of ketones is 1. The first-order valence-corrected chi connectivity index (χ1v) is 5.27. The molecule has 2 heterocycles. The third-order valence-corrected chi connectivity index (χ3v) is 2.45. The maximum absolute atomic E-state index is 11.5. The standard InChI is InChI=1S/C12H14N2O2/c1-6(2)11-9-5-13-8(4)14-10(9)12(16-11)7(3)15/h5-6H,1-4H3. The highest BCUT2D eigenvalue weighted by molar-refractivity contribution is 6.03. The Balaban J connectivity index is 2.81. The molecule has 84 valence electrons. The zero-order valence-electron chi connectivity index (χ0n) is 9.87. The lowest BCUT2D eigenvalue weighted by Crippen LogP contribution is -1.93. The van der Waals surface area contributed by atoms with E-state index in [0.29, 0.717) is 17.1 Å². The van der Waals surface area contributed by atoms with Gasteiger partial charge in [0.15, 0.2) is 11.5 Å². The number of furan rings is 1. The minimum atomic E-state index is -0.102. The van der Waals surface area contributed by atoms with Crippen LogP contribution in [0, 0.1) is 6.92 Å². The summed E-state index contributed by atoms with van der Waals surface area (Å²) in [7, 11) is 0. The van der Waals surface area contributed by atoms with Crippen LogP contribution < -0.4 is 0 Å². The topological polar surface area (TPSA) is 56.0 Å². The van der Waals surface area contributed by atoms with Gasteiger partial charge in [-0.2, -0.15) is 0 Å². The molecule has 0 aliphatic rings. The van der Waals surface area contributed by atoms with Crippen molar-refractivity contribution in [1.82, 2.24) is 9.97 Å². The summed E-state index contributed by atoms with van der Waals surface area (Å²) in [5.41, 5.74) is 0.628. The largest absolute Gasteiger partial charge is 0.455 e. The minimum Gasteiger partial charge on any atom is -0.455 e. The first-order valence-electron chi connectivity index (χ1n) is 5.27. The van der Waals surface area contributed by atoms with E-state index in [1.165, 1.54) is 6.92 Å².